The summed E-state index contributed by atoms with van der Waals surface area (Å²) in [5.41, 5.74) is 2.29. The maximum absolute atomic E-state index is 12.4. The molecule has 2 aromatic rings. The molecule has 0 spiro atoms. The smallest absolute Gasteiger partial charge is 0.257 e. The fraction of sp³-hybridized carbons (Fsp3) is 0.368. The molecule has 6 heteroatoms. The molecule has 2 unspecified atom stereocenters. The second-order valence-electron chi connectivity index (χ2n) is 6.35. The Hall–Kier alpha value is -2.60. The van der Waals surface area contributed by atoms with Crippen LogP contribution in [0.15, 0.2) is 42.6 Å². The SMILES string of the molecule is CNc1ccc(NC(=O)c2ccc(N3CC(C)OC(C)C3)nc2)cc1. The van der Waals surface area contributed by atoms with Crippen LogP contribution < -0.4 is 15.5 Å². The number of hydrogen-bond donors (Lipinski definition) is 2. The minimum Gasteiger partial charge on any atom is -0.388 e. The normalized spacial score (nSPS) is 20.2. The average Bonchev–Trinajstić information content (AvgIpc) is 2.61. The van der Waals surface area contributed by atoms with E-state index in [1.54, 1.807) is 6.20 Å². The number of hydrogen-bond acceptors (Lipinski definition) is 5. The molecule has 1 saturated heterocycles. The van der Waals surface area contributed by atoms with Crippen molar-refractivity contribution in [1.82, 2.24) is 4.98 Å². The summed E-state index contributed by atoms with van der Waals surface area (Å²) >= 11 is 0. The van der Waals surface area contributed by atoms with Crippen molar-refractivity contribution >= 4 is 23.1 Å². The number of pyridine rings is 1. The molecule has 6 nitrogen and oxygen atoms in total. The van der Waals surface area contributed by atoms with Gasteiger partial charge in [0.15, 0.2) is 0 Å². The zero-order chi connectivity index (χ0) is 17.8. The number of benzene rings is 1. The van der Waals surface area contributed by atoms with E-state index < -0.39 is 0 Å². The topological polar surface area (TPSA) is 66.5 Å². The maximum Gasteiger partial charge on any atom is 0.257 e. The first-order chi connectivity index (χ1) is 12.0. The second kappa shape index (κ2) is 7.53. The molecule has 2 heterocycles. The molecule has 25 heavy (non-hydrogen) atoms. The van der Waals surface area contributed by atoms with Crippen molar-refractivity contribution in [3.8, 4) is 0 Å². The summed E-state index contributed by atoms with van der Waals surface area (Å²) < 4.78 is 5.74. The molecule has 1 aromatic carbocycles. The van der Waals surface area contributed by atoms with E-state index in [1.807, 2.05) is 43.4 Å². The molecule has 1 aromatic heterocycles. The fourth-order valence-corrected chi connectivity index (χ4v) is 3.00. The number of carbonyl (C=O) groups excluding carboxylic acids is 1. The Kier molecular flexibility index (Phi) is 5.19. The van der Waals surface area contributed by atoms with Crippen LogP contribution in [-0.4, -0.2) is 43.2 Å². The monoisotopic (exact) mass is 340 g/mol. The van der Waals surface area contributed by atoms with Gasteiger partial charge in [0, 0.05) is 37.7 Å². The van der Waals surface area contributed by atoms with Crippen molar-refractivity contribution in [2.24, 2.45) is 0 Å². The highest BCUT2D eigenvalue weighted by molar-refractivity contribution is 6.04. The maximum atomic E-state index is 12.4. The summed E-state index contributed by atoms with van der Waals surface area (Å²) in [5.74, 6) is 0.705. The predicted octanol–water partition coefficient (Wildman–Crippen LogP) is 2.99. The zero-order valence-corrected chi connectivity index (χ0v) is 14.8. The Morgan fingerprint density at radius 2 is 1.72 bits per heavy atom. The number of anilines is 3. The van der Waals surface area contributed by atoms with E-state index in [9.17, 15) is 4.79 Å². The molecule has 2 N–H and O–H groups in total. The summed E-state index contributed by atoms with van der Waals surface area (Å²) in [5, 5.41) is 5.93. The highest BCUT2D eigenvalue weighted by Gasteiger charge is 2.23. The van der Waals surface area contributed by atoms with Crippen molar-refractivity contribution in [3.05, 3.63) is 48.2 Å². The van der Waals surface area contributed by atoms with Crippen LogP contribution in [-0.2, 0) is 4.74 Å². The molecule has 3 rings (SSSR count). The summed E-state index contributed by atoms with van der Waals surface area (Å²) in [6.45, 7) is 5.73. The van der Waals surface area contributed by atoms with Crippen molar-refractivity contribution in [2.45, 2.75) is 26.1 Å². The molecule has 1 amide bonds. The van der Waals surface area contributed by atoms with Gasteiger partial charge in [-0.15, -0.1) is 0 Å². The Morgan fingerprint density at radius 3 is 2.28 bits per heavy atom. The summed E-state index contributed by atoms with van der Waals surface area (Å²) in [7, 11) is 1.86. The fourth-order valence-electron chi connectivity index (χ4n) is 3.00. The van der Waals surface area contributed by atoms with Gasteiger partial charge in [0.25, 0.3) is 5.91 Å². The van der Waals surface area contributed by atoms with Gasteiger partial charge < -0.3 is 20.3 Å². The van der Waals surface area contributed by atoms with Gasteiger partial charge in [0.05, 0.1) is 17.8 Å². The molecule has 1 aliphatic rings. The Balaban J connectivity index is 1.65. The van der Waals surface area contributed by atoms with E-state index in [0.29, 0.717) is 5.56 Å². The van der Waals surface area contributed by atoms with Crippen molar-refractivity contribution in [1.29, 1.82) is 0 Å². The quantitative estimate of drug-likeness (QED) is 0.896. The van der Waals surface area contributed by atoms with Gasteiger partial charge in [0.1, 0.15) is 5.82 Å². The van der Waals surface area contributed by atoms with Crippen molar-refractivity contribution in [3.63, 3.8) is 0 Å². The van der Waals surface area contributed by atoms with Crippen LogP contribution in [0.5, 0.6) is 0 Å². The number of amides is 1. The van der Waals surface area contributed by atoms with Gasteiger partial charge in [0.2, 0.25) is 0 Å². The molecular formula is C19H24N4O2. The summed E-state index contributed by atoms with van der Waals surface area (Å²) in [4.78, 5) is 19.0. The number of aromatic nitrogens is 1. The van der Waals surface area contributed by atoms with Crippen LogP contribution in [0.1, 0.15) is 24.2 Å². The van der Waals surface area contributed by atoms with Gasteiger partial charge in [-0.05, 0) is 50.2 Å². The van der Waals surface area contributed by atoms with Crippen LogP contribution >= 0.6 is 0 Å². The first-order valence-corrected chi connectivity index (χ1v) is 8.51. The van der Waals surface area contributed by atoms with Crippen LogP contribution in [0.25, 0.3) is 0 Å². The van der Waals surface area contributed by atoms with Crippen molar-refractivity contribution in [2.75, 3.05) is 35.7 Å². The minimum absolute atomic E-state index is 0.167. The van der Waals surface area contributed by atoms with Gasteiger partial charge in [-0.3, -0.25) is 4.79 Å². The van der Waals surface area contributed by atoms with Gasteiger partial charge in [-0.25, -0.2) is 4.98 Å². The predicted molar refractivity (Wildman–Crippen MR) is 100 cm³/mol. The molecule has 1 aliphatic heterocycles. The number of nitrogens with zero attached hydrogens (tertiary/aromatic N) is 2. The molecule has 2 atom stereocenters. The largest absolute Gasteiger partial charge is 0.388 e. The lowest BCUT2D eigenvalue weighted by Crippen LogP contribution is -2.45. The molecule has 0 bridgehead atoms. The number of rotatable bonds is 4. The van der Waals surface area contributed by atoms with E-state index in [-0.39, 0.29) is 18.1 Å². The van der Waals surface area contributed by atoms with E-state index in [0.717, 1.165) is 30.3 Å². The van der Waals surface area contributed by atoms with E-state index >= 15 is 0 Å². The van der Waals surface area contributed by atoms with E-state index in [2.05, 4.69) is 34.4 Å². The second-order valence-corrected chi connectivity index (χ2v) is 6.35. The first-order valence-electron chi connectivity index (χ1n) is 8.51. The minimum atomic E-state index is -0.167. The lowest BCUT2D eigenvalue weighted by atomic mass is 10.2. The van der Waals surface area contributed by atoms with Crippen LogP contribution in [0.4, 0.5) is 17.2 Å². The number of ether oxygens (including phenoxy) is 1. The first kappa shape index (κ1) is 17.2. The molecule has 1 fully saturated rings. The third-order valence-electron chi connectivity index (χ3n) is 4.19. The highest BCUT2D eigenvalue weighted by Crippen LogP contribution is 2.19. The van der Waals surface area contributed by atoms with Gasteiger partial charge >= 0.3 is 0 Å². The standard InChI is InChI=1S/C19H24N4O2/c1-13-11-23(12-14(2)25-13)18-9-4-15(10-21-18)19(24)22-17-7-5-16(20-3)6-8-17/h4-10,13-14,20H,11-12H2,1-3H3,(H,22,24). The van der Waals surface area contributed by atoms with Crippen LogP contribution in [0.2, 0.25) is 0 Å². The number of nitrogens with one attached hydrogen (secondary N) is 2. The van der Waals surface area contributed by atoms with Gasteiger partial charge in [-0.1, -0.05) is 0 Å². The zero-order valence-electron chi connectivity index (χ0n) is 14.8. The Morgan fingerprint density at radius 1 is 1.08 bits per heavy atom. The third kappa shape index (κ3) is 4.28. The highest BCUT2D eigenvalue weighted by atomic mass is 16.5. The molecule has 0 aliphatic carbocycles. The molecule has 0 radical (unpaired) electrons. The third-order valence-corrected chi connectivity index (χ3v) is 4.19. The van der Waals surface area contributed by atoms with Crippen LogP contribution in [0.3, 0.4) is 0 Å². The number of morpholine rings is 1. The molecular weight excluding hydrogens is 316 g/mol. The summed E-state index contributed by atoms with van der Waals surface area (Å²) in [6.07, 6.45) is 1.97. The lowest BCUT2D eigenvalue weighted by molar-refractivity contribution is -0.00546. The molecule has 132 valence electrons. The lowest BCUT2D eigenvalue weighted by Gasteiger charge is -2.36. The summed E-state index contributed by atoms with van der Waals surface area (Å²) in [6, 6.07) is 11.3. The van der Waals surface area contributed by atoms with E-state index in [1.165, 1.54) is 0 Å². The number of carbonyl (C=O) groups is 1. The van der Waals surface area contributed by atoms with E-state index in [4.69, 9.17) is 4.74 Å². The molecule has 0 saturated carbocycles. The van der Waals surface area contributed by atoms with Crippen molar-refractivity contribution < 1.29 is 9.53 Å². The Bertz CT molecular complexity index is 705. The van der Waals surface area contributed by atoms with Gasteiger partial charge in [-0.2, -0.15) is 0 Å². The Labute approximate surface area is 148 Å². The van der Waals surface area contributed by atoms with Crippen LogP contribution in [0, 0.1) is 0 Å². The average molecular weight is 340 g/mol.